The largest absolute Gasteiger partial charge is 0.465 e. The molecule has 0 aliphatic carbocycles. The topological polar surface area (TPSA) is 53.0 Å². The Morgan fingerprint density at radius 3 is 2.48 bits per heavy atom. The van der Waals surface area contributed by atoms with E-state index < -0.39 is 5.60 Å². The van der Waals surface area contributed by atoms with Crippen LogP contribution in [0.5, 0.6) is 0 Å². The van der Waals surface area contributed by atoms with E-state index in [0.717, 1.165) is 26.2 Å². The number of esters is 1. The van der Waals surface area contributed by atoms with Gasteiger partial charge in [-0.25, -0.2) is 4.79 Å². The number of β-amino-alcohol motifs (C(OH)–C–C–N with tert-alkyl or cyclic N) is 1. The second kappa shape index (κ2) is 7.43. The van der Waals surface area contributed by atoms with Crippen LogP contribution in [0.25, 0.3) is 0 Å². The Morgan fingerprint density at radius 1 is 1.30 bits per heavy atom. The molecule has 0 amide bonds. The summed E-state index contributed by atoms with van der Waals surface area (Å²) in [7, 11) is 1.39. The summed E-state index contributed by atoms with van der Waals surface area (Å²) in [6.45, 7) is 10.4. The van der Waals surface area contributed by atoms with Gasteiger partial charge in [-0.15, -0.1) is 0 Å². The van der Waals surface area contributed by atoms with Crippen LogP contribution in [0, 0.1) is 0 Å². The van der Waals surface area contributed by atoms with Gasteiger partial charge < -0.3 is 9.84 Å². The van der Waals surface area contributed by atoms with Crippen molar-refractivity contribution in [1.82, 2.24) is 9.80 Å². The lowest BCUT2D eigenvalue weighted by Crippen LogP contribution is -2.54. The van der Waals surface area contributed by atoms with E-state index in [2.05, 4.69) is 16.7 Å². The number of aliphatic hydroxyl groups is 1. The molecule has 0 radical (unpaired) electrons. The number of rotatable bonds is 5. The Balaban J connectivity index is 1.89. The standard InChI is InChI=1S/C18H28N2O3/c1-14-11-19(9-10-20(14)13-18(2,3)22)12-15-5-7-16(8-6-15)17(21)23-4/h5-8,14,22H,9-13H2,1-4H3/t14-/m1/s1. The first-order valence-electron chi connectivity index (χ1n) is 8.14. The molecule has 0 spiro atoms. The number of benzene rings is 1. The first kappa shape index (κ1) is 17.9. The summed E-state index contributed by atoms with van der Waals surface area (Å²) < 4.78 is 4.72. The van der Waals surface area contributed by atoms with Crippen LogP contribution in [0.2, 0.25) is 0 Å². The minimum atomic E-state index is -0.653. The van der Waals surface area contributed by atoms with E-state index in [9.17, 15) is 9.90 Å². The Hall–Kier alpha value is -1.43. The number of carbonyl (C=O) groups is 1. The van der Waals surface area contributed by atoms with Crippen molar-refractivity contribution < 1.29 is 14.6 Å². The maximum Gasteiger partial charge on any atom is 0.337 e. The zero-order valence-electron chi connectivity index (χ0n) is 14.6. The second-order valence-electron chi connectivity index (χ2n) is 7.06. The monoisotopic (exact) mass is 320 g/mol. The summed E-state index contributed by atoms with van der Waals surface area (Å²) in [6.07, 6.45) is 0. The summed E-state index contributed by atoms with van der Waals surface area (Å²) in [5.41, 5.74) is 1.13. The molecule has 0 saturated carbocycles. The molecule has 1 aliphatic rings. The summed E-state index contributed by atoms with van der Waals surface area (Å²) in [4.78, 5) is 16.2. The van der Waals surface area contributed by atoms with Gasteiger partial charge in [0.15, 0.2) is 0 Å². The highest BCUT2D eigenvalue weighted by Gasteiger charge is 2.27. The molecule has 1 fully saturated rings. The molecular formula is C18H28N2O3. The fraction of sp³-hybridized carbons (Fsp3) is 0.611. The lowest BCUT2D eigenvalue weighted by molar-refractivity contribution is -0.00507. The molecule has 0 aromatic heterocycles. The molecule has 1 aliphatic heterocycles. The van der Waals surface area contributed by atoms with Crippen LogP contribution in [0.15, 0.2) is 24.3 Å². The van der Waals surface area contributed by atoms with E-state index in [1.807, 2.05) is 38.1 Å². The molecule has 1 atom stereocenters. The van der Waals surface area contributed by atoms with E-state index in [1.54, 1.807) is 0 Å². The maximum atomic E-state index is 11.4. The normalized spacial score (nSPS) is 20.5. The molecule has 5 nitrogen and oxygen atoms in total. The highest BCUT2D eigenvalue weighted by atomic mass is 16.5. The van der Waals surface area contributed by atoms with Crippen molar-refractivity contribution in [1.29, 1.82) is 0 Å². The fourth-order valence-corrected chi connectivity index (χ4v) is 3.07. The highest BCUT2D eigenvalue weighted by molar-refractivity contribution is 5.89. The molecule has 1 heterocycles. The summed E-state index contributed by atoms with van der Waals surface area (Å²) in [6, 6.07) is 8.02. The number of hydrogen-bond acceptors (Lipinski definition) is 5. The molecule has 5 heteroatoms. The quantitative estimate of drug-likeness (QED) is 0.838. The molecule has 0 unspecified atom stereocenters. The molecule has 0 bridgehead atoms. The first-order chi connectivity index (χ1) is 10.8. The molecule has 1 aromatic rings. The van der Waals surface area contributed by atoms with Crippen molar-refractivity contribution in [2.75, 3.05) is 33.3 Å². The van der Waals surface area contributed by atoms with Gasteiger partial charge in [-0.05, 0) is 38.5 Å². The van der Waals surface area contributed by atoms with Gasteiger partial charge in [0, 0.05) is 38.8 Å². The van der Waals surface area contributed by atoms with Crippen molar-refractivity contribution in [2.45, 2.75) is 39.0 Å². The van der Waals surface area contributed by atoms with Crippen LogP contribution >= 0.6 is 0 Å². The highest BCUT2D eigenvalue weighted by Crippen LogP contribution is 2.16. The zero-order chi connectivity index (χ0) is 17.0. The molecular weight excluding hydrogens is 292 g/mol. The third kappa shape index (κ3) is 5.30. The first-order valence-corrected chi connectivity index (χ1v) is 8.14. The van der Waals surface area contributed by atoms with Gasteiger partial charge in [-0.1, -0.05) is 12.1 Å². The Morgan fingerprint density at radius 2 is 1.96 bits per heavy atom. The van der Waals surface area contributed by atoms with Gasteiger partial charge in [0.05, 0.1) is 18.3 Å². The summed E-state index contributed by atoms with van der Waals surface area (Å²) >= 11 is 0. The number of methoxy groups -OCH3 is 1. The van der Waals surface area contributed by atoms with Crippen LogP contribution in [-0.4, -0.2) is 65.8 Å². The smallest absolute Gasteiger partial charge is 0.337 e. The zero-order valence-corrected chi connectivity index (χ0v) is 14.6. The number of ether oxygens (including phenoxy) is 1. The van der Waals surface area contributed by atoms with Crippen LogP contribution in [0.4, 0.5) is 0 Å². The Labute approximate surface area is 138 Å². The van der Waals surface area contributed by atoms with Crippen molar-refractivity contribution in [3.63, 3.8) is 0 Å². The van der Waals surface area contributed by atoms with Gasteiger partial charge in [0.1, 0.15) is 0 Å². The molecule has 1 N–H and O–H groups in total. The molecule has 1 saturated heterocycles. The Kier molecular flexibility index (Phi) is 5.79. The van der Waals surface area contributed by atoms with Gasteiger partial charge in [0.2, 0.25) is 0 Å². The van der Waals surface area contributed by atoms with Crippen molar-refractivity contribution in [3.8, 4) is 0 Å². The predicted octanol–water partition coefficient (Wildman–Crippen LogP) is 1.75. The third-order valence-corrected chi connectivity index (χ3v) is 4.22. The third-order valence-electron chi connectivity index (χ3n) is 4.22. The van der Waals surface area contributed by atoms with E-state index in [-0.39, 0.29) is 5.97 Å². The summed E-state index contributed by atoms with van der Waals surface area (Å²) in [5, 5.41) is 9.99. The molecule has 128 valence electrons. The van der Waals surface area contributed by atoms with Crippen LogP contribution < -0.4 is 0 Å². The average molecular weight is 320 g/mol. The predicted molar refractivity (Wildman–Crippen MR) is 90.4 cm³/mol. The Bertz CT molecular complexity index is 522. The number of hydrogen-bond donors (Lipinski definition) is 1. The van der Waals surface area contributed by atoms with E-state index >= 15 is 0 Å². The van der Waals surface area contributed by atoms with Crippen LogP contribution in [0.3, 0.4) is 0 Å². The molecule has 2 rings (SSSR count). The van der Waals surface area contributed by atoms with Gasteiger partial charge in [-0.2, -0.15) is 0 Å². The molecule has 1 aromatic carbocycles. The maximum absolute atomic E-state index is 11.4. The number of carbonyl (C=O) groups excluding carboxylic acids is 1. The number of nitrogens with zero attached hydrogens (tertiary/aromatic N) is 2. The minimum Gasteiger partial charge on any atom is -0.465 e. The van der Waals surface area contributed by atoms with E-state index in [1.165, 1.54) is 12.7 Å². The SMILES string of the molecule is COC(=O)c1ccc(CN2CCN(CC(C)(C)O)[C@H](C)C2)cc1. The van der Waals surface area contributed by atoms with Crippen LogP contribution in [-0.2, 0) is 11.3 Å². The van der Waals surface area contributed by atoms with E-state index in [4.69, 9.17) is 4.74 Å². The van der Waals surface area contributed by atoms with E-state index in [0.29, 0.717) is 18.2 Å². The van der Waals surface area contributed by atoms with Crippen molar-refractivity contribution in [2.24, 2.45) is 0 Å². The fourth-order valence-electron chi connectivity index (χ4n) is 3.07. The lowest BCUT2D eigenvalue weighted by atomic mass is 10.1. The van der Waals surface area contributed by atoms with Crippen molar-refractivity contribution >= 4 is 5.97 Å². The van der Waals surface area contributed by atoms with Crippen molar-refractivity contribution in [3.05, 3.63) is 35.4 Å². The van der Waals surface area contributed by atoms with Gasteiger partial charge in [0.25, 0.3) is 0 Å². The average Bonchev–Trinajstić information content (AvgIpc) is 2.49. The lowest BCUT2D eigenvalue weighted by Gasteiger charge is -2.42. The molecule has 23 heavy (non-hydrogen) atoms. The van der Waals surface area contributed by atoms with Gasteiger partial charge in [-0.3, -0.25) is 9.80 Å². The minimum absolute atomic E-state index is 0.301. The second-order valence-corrected chi connectivity index (χ2v) is 7.06. The number of piperazine rings is 1. The summed E-state index contributed by atoms with van der Waals surface area (Å²) in [5.74, 6) is -0.301. The van der Waals surface area contributed by atoms with Gasteiger partial charge >= 0.3 is 5.97 Å². The van der Waals surface area contributed by atoms with Crippen LogP contribution in [0.1, 0.15) is 36.7 Å².